The summed E-state index contributed by atoms with van der Waals surface area (Å²) >= 11 is 0. The second-order valence-corrected chi connectivity index (χ2v) is 7.81. The van der Waals surface area contributed by atoms with Crippen LogP contribution in [0.25, 0.3) is 5.76 Å². The van der Waals surface area contributed by atoms with E-state index in [9.17, 15) is 19.8 Å². The molecule has 1 amide bonds. The third-order valence-corrected chi connectivity index (χ3v) is 5.67. The van der Waals surface area contributed by atoms with Crippen molar-refractivity contribution in [2.45, 2.75) is 46.6 Å². The summed E-state index contributed by atoms with van der Waals surface area (Å²) in [5.74, 6) is -1.29. The second-order valence-electron chi connectivity index (χ2n) is 7.81. The number of ketones is 1. The number of carbonyl (C=O) groups excluding carboxylic acids is 2. The number of ether oxygens (including phenoxy) is 1. The molecule has 164 valence electrons. The number of aryl methyl sites for hydroxylation is 2. The van der Waals surface area contributed by atoms with Gasteiger partial charge in [0.15, 0.2) is 11.5 Å². The minimum absolute atomic E-state index is 0.0229. The number of aromatic hydroxyl groups is 1. The number of phenolic OH excluding ortho intramolecular Hbond substituents is 1. The maximum absolute atomic E-state index is 13.0. The highest BCUT2D eigenvalue weighted by atomic mass is 16.5. The van der Waals surface area contributed by atoms with E-state index in [0.29, 0.717) is 24.3 Å². The lowest BCUT2D eigenvalue weighted by molar-refractivity contribution is -0.139. The second kappa shape index (κ2) is 9.25. The van der Waals surface area contributed by atoms with Gasteiger partial charge < -0.3 is 19.8 Å². The Morgan fingerprint density at radius 1 is 1.06 bits per heavy atom. The van der Waals surface area contributed by atoms with E-state index < -0.39 is 17.7 Å². The molecule has 0 aliphatic carbocycles. The van der Waals surface area contributed by atoms with Crippen molar-refractivity contribution in [2.75, 3.05) is 13.2 Å². The summed E-state index contributed by atoms with van der Waals surface area (Å²) in [5, 5.41) is 21.2. The third-order valence-electron chi connectivity index (χ3n) is 5.67. The Morgan fingerprint density at radius 2 is 1.81 bits per heavy atom. The zero-order valence-electron chi connectivity index (χ0n) is 18.4. The summed E-state index contributed by atoms with van der Waals surface area (Å²) in [6, 6.07) is 9.44. The molecule has 1 aliphatic rings. The molecule has 31 heavy (non-hydrogen) atoms. The third kappa shape index (κ3) is 4.29. The first-order valence-corrected chi connectivity index (χ1v) is 10.6. The number of carbonyl (C=O) groups is 2. The minimum Gasteiger partial charge on any atom is -0.507 e. The maximum atomic E-state index is 13.0. The Kier molecular flexibility index (Phi) is 6.68. The van der Waals surface area contributed by atoms with E-state index in [4.69, 9.17) is 4.74 Å². The molecule has 1 saturated heterocycles. The van der Waals surface area contributed by atoms with Crippen LogP contribution >= 0.6 is 0 Å². The van der Waals surface area contributed by atoms with Crippen LogP contribution in [0.2, 0.25) is 0 Å². The standard InChI is InChI=1S/C25H29NO5/c1-5-7-12-26-22(17-10-11-19(27)20(14-17)31-6-2)21(24(29)25(26)30)23(28)18-9-8-15(3)16(4)13-18/h8-11,13-14,22,27-28H,5-7,12H2,1-4H3/b23-21-. The summed E-state index contributed by atoms with van der Waals surface area (Å²) in [7, 11) is 0. The van der Waals surface area contributed by atoms with Crippen LogP contribution in [0, 0.1) is 13.8 Å². The Labute approximate surface area is 182 Å². The summed E-state index contributed by atoms with van der Waals surface area (Å²) in [6.45, 7) is 8.45. The molecule has 2 aromatic carbocycles. The molecular weight excluding hydrogens is 394 g/mol. The quantitative estimate of drug-likeness (QED) is 0.385. The molecule has 6 heteroatoms. The average molecular weight is 424 g/mol. The normalized spacial score (nSPS) is 17.9. The fourth-order valence-corrected chi connectivity index (χ4v) is 3.80. The van der Waals surface area contributed by atoms with Gasteiger partial charge in [-0.2, -0.15) is 0 Å². The number of rotatable bonds is 7. The van der Waals surface area contributed by atoms with Crippen LogP contribution in [0.1, 0.15) is 55.0 Å². The topological polar surface area (TPSA) is 87.1 Å². The first-order valence-electron chi connectivity index (χ1n) is 10.6. The minimum atomic E-state index is -0.757. The van der Waals surface area contributed by atoms with Gasteiger partial charge in [0, 0.05) is 12.1 Å². The Hall–Kier alpha value is -3.28. The van der Waals surface area contributed by atoms with Crippen molar-refractivity contribution in [3.05, 3.63) is 64.2 Å². The van der Waals surface area contributed by atoms with Gasteiger partial charge in [0.1, 0.15) is 5.76 Å². The van der Waals surface area contributed by atoms with Gasteiger partial charge in [-0.25, -0.2) is 0 Å². The molecule has 0 saturated carbocycles. The van der Waals surface area contributed by atoms with E-state index in [2.05, 4.69) is 0 Å². The smallest absolute Gasteiger partial charge is 0.295 e. The number of aliphatic hydroxyl groups excluding tert-OH is 1. The molecule has 6 nitrogen and oxygen atoms in total. The molecule has 2 aromatic rings. The van der Waals surface area contributed by atoms with Crippen molar-refractivity contribution in [2.24, 2.45) is 0 Å². The Balaban J connectivity index is 2.19. The van der Waals surface area contributed by atoms with E-state index in [1.165, 1.54) is 11.0 Å². The molecule has 2 N–H and O–H groups in total. The number of benzene rings is 2. The van der Waals surface area contributed by atoms with Gasteiger partial charge in [0.05, 0.1) is 18.2 Å². The summed E-state index contributed by atoms with van der Waals surface area (Å²) in [6.07, 6.45) is 1.58. The van der Waals surface area contributed by atoms with Gasteiger partial charge in [0.2, 0.25) is 0 Å². The number of likely N-dealkylation sites (tertiary alicyclic amines) is 1. The molecule has 1 unspecified atom stereocenters. The highest BCUT2D eigenvalue weighted by Gasteiger charge is 2.46. The van der Waals surface area contributed by atoms with Crippen LogP contribution in [-0.4, -0.2) is 40.0 Å². The maximum Gasteiger partial charge on any atom is 0.295 e. The van der Waals surface area contributed by atoms with Gasteiger partial charge in [-0.05, 0) is 62.1 Å². The van der Waals surface area contributed by atoms with E-state index in [1.807, 2.05) is 32.9 Å². The number of unbranched alkanes of at least 4 members (excludes halogenated alkanes) is 1. The first-order chi connectivity index (χ1) is 14.8. The van der Waals surface area contributed by atoms with Crippen LogP contribution in [0.5, 0.6) is 11.5 Å². The van der Waals surface area contributed by atoms with Crippen LogP contribution < -0.4 is 4.74 Å². The van der Waals surface area contributed by atoms with Gasteiger partial charge >= 0.3 is 0 Å². The highest BCUT2D eigenvalue weighted by Crippen LogP contribution is 2.42. The number of aliphatic hydroxyl groups is 1. The molecule has 1 heterocycles. The van der Waals surface area contributed by atoms with Crippen LogP contribution in [0.3, 0.4) is 0 Å². The first kappa shape index (κ1) is 22.4. The van der Waals surface area contributed by atoms with Crippen LogP contribution in [0.15, 0.2) is 42.0 Å². The lowest BCUT2D eigenvalue weighted by atomic mass is 9.94. The molecule has 0 spiro atoms. The molecule has 3 rings (SSSR count). The highest BCUT2D eigenvalue weighted by molar-refractivity contribution is 6.46. The van der Waals surface area contributed by atoms with Crippen molar-refractivity contribution in [1.82, 2.24) is 4.90 Å². The van der Waals surface area contributed by atoms with Crippen molar-refractivity contribution in [1.29, 1.82) is 0 Å². The molecule has 1 aliphatic heterocycles. The largest absolute Gasteiger partial charge is 0.507 e. The summed E-state index contributed by atoms with van der Waals surface area (Å²) in [4.78, 5) is 27.4. The van der Waals surface area contributed by atoms with Gasteiger partial charge in [-0.1, -0.05) is 31.5 Å². The van der Waals surface area contributed by atoms with Gasteiger partial charge in [0.25, 0.3) is 11.7 Å². The average Bonchev–Trinajstić information content (AvgIpc) is 3.00. The number of hydrogen-bond donors (Lipinski definition) is 2. The number of amides is 1. The molecule has 0 aromatic heterocycles. The van der Waals surface area contributed by atoms with Crippen molar-refractivity contribution >= 4 is 17.4 Å². The lowest BCUT2D eigenvalue weighted by Crippen LogP contribution is -2.30. The molecule has 1 atom stereocenters. The predicted octanol–water partition coefficient (Wildman–Crippen LogP) is 4.63. The van der Waals surface area contributed by atoms with E-state index in [1.54, 1.807) is 25.1 Å². The molecule has 0 bridgehead atoms. The number of nitrogens with zero attached hydrogens (tertiary/aromatic N) is 1. The summed E-state index contributed by atoms with van der Waals surface area (Å²) < 4.78 is 5.50. The zero-order valence-corrected chi connectivity index (χ0v) is 18.4. The van der Waals surface area contributed by atoms with E-state index >= 15 is 0 Å². The zero-order chi connectivity index (χ0) is 22.7. The predicted molar refractivity (Wildman–Crippen MR) is 119 cm³/mol. The molecular formula is C25H29NO5. The number of phenols is 1. The number of Topliss-reactive ketones (excluding diaryl/α,β-unsaturated/α-hetero) is 1. The SMILES string of the molecule is CCCCN1C(=O)C(=O)/C(=C(\O)c2ccc(C)c(C)c2)C1c1ccc(O)c(OCC)c1. The van der Waals surface area contributed by atoms with Gasteiger partial charge in [-0.15, -0.1) is 0 Å². The van der Waals surface area contributed by atoms with Crippen molar-refractivity contribution < 1.29 is 24.5 Å². The van der Waals surface area contributed by atoms with E-state index in [0.717, 1.165) is 24.0 Å². The number of hydrogen-bond acceptors (Lipinski definition) is 5. The Morgan fingerprint density at radius 3 is 2.45 bits per heavy atom. The van der Waals surface area contributed by atoms with Crippen molar-refractivity contribution in [3.63, 3.8) is 0 Å². The molecule has 1 fully saturated rings. The Bertz CT molecular complexity index is 1040. The van der Waals surface area contributed by atoms with Gasteiger partial charge in [-0.3, -0.25) is 9.59 Å². The summed E-state index contributed by atoms with van der Waals surface area (Å²) in [5.41, 5.74) is 3.19. The van der Waals surface area contributed by atoms with Crippen LogP contribution in [0.4, 0.5) is 0 Å². The van der Waals surface area contributed by atoms with Crippen LogP contribution in [-0.2, 0) is 9.59 Å². The monoisotopic (exact) mass is 423 g/mol. The fourth-order valence-electron chi connectivity index (χ4n) is 3.80. The van der Waals surface area contributed by atoms with E-state index in [-0.39, 0.29) is 22.8 Å². The lowest BCUT2D eigenvalue weighted by Gasteiger charge is -2.25. The molecule has 0 radical (unpaired) electrons. The van der Waals surface area contributed by atoms with Crippen molar-refractivity contribution in [3.8, 4) is 11.5 Å². The fraction of sp³-hybridized carbons (Fsp3) is 0.360.